The minimum Gasteiger partial charge on any atom is -0.394 e. The quantitative estimate of drug-likeness (QED) is 0.0308. The van der Waals surface area contributed by atoms with Crippen LogP contribution in [0.1, 0.15) is 316 Å². The third-order valence-electron chi connectivity index (χ3n) is 14.1. The van der Waals surface area contributed by atoms with Gasteiger partial charge < -0.3 is 25.7 Å². The van der Waals surface area contributed by atoms with Crippen molar-refractivity contribution in [1.82, 2.24) is 5.32 Å². The summed E-state index contributed by atoms with van der Waals surface area (Å²) < 4.78 is 0. The highest BCUT2D eigenvalue weighted by Crippen LogP contribution is 2.18. The summed E-state index contributed by atoms with van der Waals surface area (Å²) in [7, 11) is 0. The van der Waals surface area contributed by atoms with Crippen LogP contribution in [-0.2, 0) is 4.79 Å². The molecule has 0 aliphatic rings. The van der Waals surface area contributed by atoms with Gasteiger partial charge in [0.15, 0.2) is 0 Å². The lowest BCUT2D eigenvalue weighted by atomic mass is 10.00. The van der Waals surface area contributed by atoms with E-state index in [1.165, 1.54) is 231 Å². The van der Waals surface area contributed by atoms with Crippen LogP contribution in [0.15, 0.2) is 36.5 Å². The van der Waals surface area contributed by atoms with E-state index in [1.54, 1.807) is 0 Å². The van der Waals surface area contributed by atoms with E-state index >= 15 is 0 Å². The number of allylic oxidation sites excluding steroid dienone is 6. The first kappa shape index (κ1) is 65.5. The number of aliphatic hydroxyl groups excluding tert-OH is 4. The van der Waals surface area contributed by atoms with Crippen LogP contribution in [0.3, 0.4) is 0 Å². The molecule has 0 radical (unpaired) electrons. The van der Waals surface area contributed by atoms with Gasteiger partial charge in [0.05, 0.1) is 18.8 Å². The third-order valence-corrected chi connectivity index (χ3v) is 14.1. The summed E-state index contributed by atoms with van der Waals surface area (Å²) in [4.78, 5) is 12.6. The summed E-state index contributed by atoms with van der Waals surface area (Å²) in [6.45, 7) is 4.07. The van der Waals surface area contributed by atoms with Gasteiger partial charge in [-0.15, -0.1) is 0 Å². The third kappa shape index (κ3) is 49.3. The maximum Gasteiger partial charge on any atom is 0.249 e. The van der Waals surface area contributed by atoms with Gasteiger partial charge in [-0.2, -0.15) is 0 Å². The topological polar surface area (TPSA) is 110 Å². The molecule has 0 saturated carbocycles. The average Bonchev–Trinajstić information content (AvgIpc) is 3.33. The second kappa shape index (κ2) is 55.5. The van der Waals surface area contributed by atoms with Gasteiger partial charge in [-0.25, -0.2) is 0 Å². The first-order chi connectivity index (χ1) is 33.0. The highest BCUT2D eigenvalue weighted by Gasteiger charge is 2.28. The largest absolute Gasteiger partial charge is 0.394 e. The van der Waals surface area contributed by atoms with E-state index in [0.717, 1.165) is 51.4 Å². The molecule has 0 rings (SSSR count). The molecule has 0 bridgehead atoms. The number of aliphatic hydroxyl groups is 4. The normalized spacial score (nSPS) is 13.9. The summed E-state index contributed by atoms with van der Waals surface area (Å²) in [6, 6.07) is -1.01. The molecule has 1 amide bonds. The lowest BCUT2D eigenvalue weighted by molar-refractivity contribution is -0.132. The molecule has 4 unspecified atom stereocenters. The van der Waals surface area contributed by atoms with Crippen molar-refractivity contribution in [2.45, 2.75) is 340 Å². The minimum absolute atomic E-state index is 0.362. The number of rotatable bonds is 55. The Balaban J connectivity index is 3.65. The maximum atomic E-state index is 12.6. The number of carbonyl (C=O) groups is 1. The highest BCUT2D eigenvalue weighted by atomic mass is 16.3. The van der Waals surface area contributed by atoms with Crippen molar-refractivity contribution in [3.63, 3.8) is 0 Å². The van der Waals surface area contributed by atoms with Crippen molar-refractivity contribution in [3.8, 4) is 0 Å². The molecule has 4 atom stereocenters. The molecule has 0 aromatic rings. The summed E-state index contributed by atoms with van der Waals surface area (Å²) in [6.07, 6.45) is 69.4. The molecule has 0 aromatic heterocycles. The molecule has 0 aliphatic carbocycles. The zero-order chi connectivity index (χ0) is 48.8. The zero-order valence-electron chi connectivity index (χ0n) is 44.9. The van der Waals surface area contributed by atoms with E-state index < -0.39 is 36.9 Å². The maximum absolute atomic E-state index is 12.6. The number of carbonyl (C=O) groups excluding carboxylic acids is 1. The number of amides is 1. The molecule has 5 N–H and O–H groups in total. The van der Waals surface area contributed by atoms with Crippen LogP contribution in [0, 0.1) is 0 Å². The number of hydrogen-bond acceptors (Lipinski definition) is 5. The van der Waals surface area contributed by atoms with Crippen molar-refractivity contribution in [1.29, 1.82) is 0 Å². The van der Waals surface area contributed by atoms with Crippen LogP contribution in [0.4, 0.5) is 0 Å². The zero-order valence-corrected chi connectivity index (χ0v) is 44.9. The molecule has 67 heavy (non-hydrogen) atoms. The second-order valence-corrected chi connectivity index (χ2v) is 20.7. The van der Waals surface area contributed by atoms with E-state index in [2.05, 4.69) is 55.6 Å². The predicted octanol–water partition coefficient (Wildman–Crippen LogP) is 17.6. The smallest absolute Gasteiger partial charge is 0.249 e. The number of hydrogen-bond donors (Lipinski definition) is 5. The Hall–Kier alpha value is -1.47. The Labute approximate surface area is 417 Å². The van der Waals surface area contributed by atoms with Crippen molar-refractivity contribution in [2.24, 2.45) is 0 Å². The standard InChI is InChI=1S/C61H117NO5/c1-3-5-7-9-11-13-15-17-19-21-23-25-27-28-29-30-31-33-35-37-39-41-43-45-47-49-51-53-55-59(65)61(67)62-57(56-63)60(66)58(64)54-52-50-48-46-44-42-40-38-36-34-32-26-24-22-20-18-16-14-12-10-8-6-4-2/h26,32,38,40,46,48,57-60,63-66H,3-25,27-31,33-37,39,41-45,47,49-56H2,1-2H3,(H,62,67)/b32-26+,40-38+,48-46+. The Kier molecular flexibility index (Phi) is 54.2. The molecule has 0 aliphatic heterocycles. The fourth-order valence-corrected chi connectivity index (χ4v) is 9.38. The molecule has 396 valence electrons. The van der Waals surface area contributed by atoms with Crippen LogP contribution in [0.25, 0.3) is 0 Å². The lowest BCUT2D eigenvalue weighted by Crippen LogP contribution is -2.53. The van der Waals surface area contributed by atoms with Crippen molar-refractivity contribution >= 4 is 5.91 Å². The van der Waals surface area contributed by atoms with Gasteiger partial charge in [-0.3, -0.25) is 4.79 Å². The van der Waals surface area contributed by atoms with Crippen LogP contribution in [-0.4, -0.2) is 57.3 Å². The van der Waals surface area contributed by atoms with Crippen LogP contribution < -0.4 is 5.32 Å². The molecule has 6 nitrogen and oxygen atoms in total. The van der Waals surface area contributed by atoms with Gasteiger partial charge in [0.25, 0.3) is 0 Å². The number of nitrogens with one attached hydrogen (secondary N) is 1. The summed E-state index contributed by atoms with van der Waals surface area (Å²) in [5, 5.41) is 44.0. The van der Waals surface area contributed by atoms with E-state index in [1.807, 2.05) is 0 Å². The molecule has 0 saturated heterocycles. The minimum atomic E-state index is -1.29. The molecule has 0 spiro atoms. The first-order valence-corrected chi connectivity index (χ1v) is 29.9. The van der Waals surface area contributed by atoms with Crippen LogP contribution in [0.5, 0.6) is 0 Å². The average molecular weight is 945 g/mol. The SMILES string of the molecule is CCCCCCCCCCCC/C=C/CC/C=C/CC/C=C/CCCC(O)C(O)C(CO)NC(=O)C(O)CCCCCCCCCCCCCCCCCCCCCCCCCCCCCC. The molecule has 6 heteroatoms. The fraction of sp³-hybridized carbons (Fsp3) is 0.885. The van der Waals surface area contributed by atoms with E-state index in [4.69, 9.17) is 0 Å². The van der Waals surface area contributed by atoms with Gasteiger partial charge in [0.1, 0.15) is 12.2 Å². The van der Waals surface area contributed by atoms with Gasteiger partial charge in [0, 0.05) is 0 Å². The lowest BCUT2D eigenvalue weighted by Gasteiger charge is -2.27. The van der Waals surface area contributed by atoms with E-state index in [9.17, 15) is 25.2 Å². The van der Waals surface area contributed by atoms with Gasteiger partial charge in [0.2, 0.25) is 5.91 Å². The Morgan fingerprint density at radius 2 is 0.627 bits per heavy atom. The van der Waals surface area contributed by atoms with Gasteiger partial charge in [-0.1, -0.05) is 288 Å². The summed E-state index contributed by atoms with van der Waals surface area (Å²) in [5.74, 6) is -0.594. The molecular formula is C61H117NO5. The fourth-order valence-electron chi connectivity index (χ4n) is 9.38. The Bertz CT molecular complexity index is 1060. The van der Waals surface area contributed by atoms with Crippen molar-refractivity contribution < 1.29 is 25.2 Å². The van der Waals surface area contributed by atoms with Gasteiger partial charge >= 0.3 is 0 Å². The van der Waals surface area contributed by atoms with Crippen LogP contribution in [0.2, 0.25) is 0 Å². The highest BCUT2D eigenvalue weighted by molar-refractivity contribution is 5.80. The van der Waals surface area contributed by atoms with Crippen LogP contribution >= 0.6 is 0 Å². The Morgan fingerprint density at radius 3 is 0.940 bits per heavy atom. The first-order valence-electron chi connectivity index (χ1n) is 29.9. The summed E-state index contributed by atoms with van der Waals surface area (Å²) >= 11 is 0. The van der Waals surface area contributed by atoms with E-state index in [0.29, 0.717) is 19.3 Å². The monoisotopic (exact) mass is 944 g/mol. The van der Waals surface area contributed by atoms with Gasteiger partial charge in [-0.05, 0) is 64.2 Å². The van der Waals surface area contributed by atoms with Crippen molar-refractivity contribution in [3.05, 3.63) is 36.5 Å². The molecular weight excluding hydrogens is 827 g/mol. The molecule has 0 aromatic carbocycles. The van der Waals surface area contributed by atoms with E-state index in [-0.39, 0.29) is 0 Å². The van der Waals surface area contributed by atoms with Crippen molar-refractivity contribution in [2.75, 3.05) is 6.61 Å². The Morgan fingerprint density at radius 1 is 0.358 bits per heavy atom. The second-order valence-electron chi connectivity index (χ2n) is 20.7. The summed E-state index contributed by atoms with van der Waals surface area (Å²) in [5.41, 5.74) is 0. The predicted molar refractivity (Wildman–Crippen MR) is 293 cm³/mol. The molecule has 0 heterocycles. The molecule has 0 fully saturated rings. The number of unbranched alkanes of at least 4 members (excludes halogenated alkanes) is 40.